The zero-order valence-electron chi connectivity index (χ0n) is 26.7. The largest absolute Gasteiger partial charge is 0.481 e. The summed E-state index contributed by atoms with van der Waals surface area (Å²) in [5, 5.41) is 12.7. The number of hydrogen-bond acceptors (Lipinski definition) is 5. The number of unbranched alkanes of at least 4 members (excludes halogenated alkanes) is 14. The van der Waals surface area contributed by atoms with Crippen LogP contribution in [0.1, 0.15) is 123 Å². The fourth-order valence-electron chi connectivity index (χ4n) is 5.06. The van der Waals surface area contributed by atoms with Crippen LogP contribution in [0, 0.1) is 5.92 Å². The quantitative estimate of drug-likeness (QED) is 0.0478. The number of nitrogens with one attached hydrogen (secondary N) is 1. The summed E-state index contributed by atoms with van der Waals surface area (Å²) in [5.41, 5.74) is 0. The van der Waals surface area contributed by atoms with Crippen molar-refractivity contribution in [3.8, 4) is 0 Å². The molecule has 11 heteroatoms. The predicted octanol–water partition coefficient (Wildman–Crippen LogP) is 6.04. The Hall–Kier alpha value is -1.03. The molecule has 0 aromatic heterocycles. The maximum Gasteiger partial charge on any atom is 0.470 e. The van der Waals surface area contributed by atoms with E-state index < -0.39 is 31.9 Å². The van der Waals surface area contributed by atoms with Crippen LogP contribution in [0.2, 0.25) is 0 Å². The van der Waals surface area contributed by atoms with Crippen LogP contribution in [0.15, 0.2) is 0 Å². The van der Waals surface area contributed by atoms with Crippen LogP contribution in [0.3, 0.4) is 0 Å². The SMILES string of the molecule is CCCCCCCCCCCCCCCCCC(=O)NCC(CC(C(=O)O)C(C[N+](C)(C)C)OP(=O)(O)O)OCC. The molecule has 0 saturated carbocycles. The number of hydrogen-bond donors (Lipinski definition) is 4. The Morgan fingerprint density at radius 1 is 0.805 bits per heavy atom. The maximum atomic E-state index is 12.4. The molecule has 0 radical (unpaired) electrons. The minimum absolute atomic E-state index is 0.0485. The van der Waals surface area contributed by atoms with Crippen LogP contribution >= 0.6 is 7.82 Å². The van der Waals surface area contributed by atoms with Gasteiger partial charge in [0.15, 0.2) is 0 Å². The van der Waals surface area contributed by atoms with Gasteiger partial charge in [-0.2, -0.15) is 0 Å². The Morgan fingerprint density at radius 3 is 1.66 bits per heavy atom. The number of ether oxygens (including phenoxy) is 1. The van der Waals surface area contributed by atoms with E-state index >= 15 is 0 Å². The van der Waals surface area contributed by atoms with E-state index in [1.54, 1.807) is 28.1 Å². The van der Waals surface area contributed by atoms with Gasteiger partial charge >= 0.3 is 13.8 Å². The fourth-order valence-corrected chi connectivity index (χ4v) is 5.63. The van der Waals surface area contributed by atoms with E-state index in [1.807, 2.05) is 0 Å². The molecule has 0 aliphatic rings. The van der Waals surface area contributed by atoms with Gasteiger partial charge in [0.05, 0.1) is 33.2 Å². The molecule has 10 nitrogen and oxygen atoms in total. The lowest BCUT2D eigenvalue weighted by atomic mass is 9.94. The van der Waals surface area contributed by atoms with Crippen molar-refractivity contribution in [2.24, 2.45) is 5.92 Å². The van der Waals surface area contributed by atoms with Gasteiger partial charge in [0.1, 0.15) is 12.6 Å². The molecule has 0 spiro atoms. The lowest BCUT2D eigenvalue weighted by Crippen LogP contribution is -2.48. The van der Waals surface area contributed by atoms with Gasteiger partial charge in [-0.1, -0.05) is 96.8 Å². The van der Waals surface area contributed by atoms with Crippen molar-refractivity contribution in [3.63, 3.8) is 0 Å². The average Bonchev–Trinajstić information content (AvgIpc) is 2.85. The number of phosphoric ester groups is 1. The third-order valence-corrected chi connectivity index (χ3v) is 7.77. The molecule has 3 unspecified atom stereocenters. The number of phosphoric acid groups is 1. The molecule has 4 N–H and O–H groups in total. The molecule has 41 heavy (non-hydrogen) atoms. The van der Waals surface area contributed by atoms with E-state index in [4.69, 9.17) is 9.26 Å². The Balaban J connectivity index is 4.32. The summed E-state index contributed by atoms with van der Waals surface area (Å²) in [6.07, 6.45) is 17.4. The van der Waals surface area contributed by atoms with Gasteiger partial charge in [-0.15, -0.1) is 0 Å². The first-order valence-corrected chi connectivity index (χ1v) is 17.5. The summed E-state index contributed by atoms with van der Waals surface area (Å²) in [6.45, 7) is 4.54. The number of rotatable bonds is 28. The van der Waals surface area contributed by atoms with Crippen molar-refractivity contribution in [3.05, 3.63) is 0 Å². The first-order valence-electron chi connectivity index (χ1n) is 15.9. The van der Waals surface area contributed by atoms with Crippen molar-refractivity contribution in [2.75, 3.05) is 40.8 Å². The molecule has 0 aliphatic heterocycles. The molecule has 3 atom stereocenters. The molecule has 1 amide bonds. The summed E-state index contributed by atoms with van der Waals surface area (Å²) >= 11 is 0. The van der Waals surface area contributed by atoms with E-state index in [2.05, 4.69) is 12.2 Å². The number of carboxylic acids is 1. The zero-order valence-corrected chi connectivity index (χ0v) is 27.5. The standard InChI is InChI=1S/C30H61N2O8P/c1-6-8-9-10-11-12-13-14-15-16-17-18-19-20-21-22-29(33)31-24-26(39-7-2)23-27(30(34)35)28(25-32(3,4)5)40-41(36,37)38/h26-28H,6-25H2,1-5H3,(H3-,31,33,34,35,36,37,38)/p+1. The number of quaternary nitrogens is 1. The summed E-state index contributed by atoms with van der Waals surface area (Å²) < 4.78 is 22.4. The van der Waals surface area contributed by atoms with E-state index in [1.165, 1.54) is 77.0 Å². The normalized spacial score (nSPS) is 14.5. The monoisotopic (exact) mass is 609 g/mol. The lowest BCUT2D eigenvalue weighted by Gasteiger charge is -2.33. The van der Waals surface area contributed by atoms with E-state index in [9.17, 15) is 29.0 Å². The number of carbonyl (C=O) groups excluding carboxylic acids is 1. The van der Waals surface area contributed by atoms with Crippen LogP contribution < -0.4 is 5.32 Å². The van der Waals surface area contributed by atoms with Crippen LogP contribution in [0.4, 0.5) is 0 Å². The van der Waals surface area contributed by atoms with Crippen molar-refractivity contribution in [1.82, 2.24) is 5.32 Å². The minimum atomic E-state index is -4.91. The lowest BCUT2D eigenvalue weighted by molar-refractivity contribution is -0.873. The van der Waals surface area contributed by atoms with Gasteiger partial charge in [-0.3, -0.25) is 14.1 Å². The summed E-state index contributed by atoms with van der Waals surface area (Å²) in [4.78, 5) is 43.2. The predicted molar refractivity (Wildman–Crippen MR) is 164 cm³/mol. The summed E-state index contributed by atoms with van der Waals surface area (Å²) in [5.74, 6) is -2.56. The molecule has 0 aromatic carbocycles. The van der Waals surface area contributed by atoms with Crippen molar-refractivity contribution in [1.29, 1.82) is 0 Å². The average molecular weight is 610 g/mol. The third-order valence-electron chi connectivity index (χ3n) is 7.22. The zero-order chi connectivity index (χ0) is 31.2. The third kappa shape index (κ3) is 25.2. The minimum Gasteiger partial charge on any atom is -0.481 e. The van der Waals surface area contributed by atoms with Crippen molar-refractivity contribution >= 4 is 19.7 Å². The van der Waals surface area contributed by atoms with Crippen LogP contribution in [0.25, 0.3) is 0 Å². The molecule has 244 valence electrons. The fraction of sp³-hybridized carbons (Fsp3) is 0.933. The second-order valence-electron chi connectivity index (χ2n) is 12.4. The Labute approximate surface area is 249 Å². The second-order valence-corrected chi connectivity index (χ2v) is 13.6. The van der Waals surface area contributed by atoms with Gasteiger partial charge in [0.2, 0.25) is 5.91 Å². The molecule has 0 fully saturated rings. The number of likely N-dealkylation sites (N-methyl/N-ethyl adjacent to an activating group) is 1. The van der Waals surface area contributed by atoms with E-state index in [0.29, 0.717) is 13.0 Å². The molecule has 0 rings (SSSR count). The Bertz CT molecular complexity index is 726. The second kappa shape index (κ2) is 23.4. The molecule has 0 bridgehead atoms. The van der Waals surface area contributed by atoms with Gasteiger partial charge in [-0.05, 0) is 19.8 Å². The smallest absolute Gasteiger partial charge is 0.470 e. The van der Waals surface area contributed by atoms with Crippen LogP contribution in [-0.2, 0) is 23.4 Å². The van der Waals surface area contributed by atoms with Gasteiger partial charge < -0.3 is 29.4 Å². The Morgan fingerprint density at radius 2 is 1.27 bits per heavy atom. The number of aliphatic carboxylic acids is 1. The van der Waals surface area contributed by atoms with E-state index in [-0.39, 0.29) is 29.9 Å². The van der Waals surface area contributed by atoms with Gasteiger partial charge in [0.25, 0.3) is 0 Å². The number of amides is 1. The molecular weight excluding hydrogens is 547 g/mol. The van der Waals surface area contributed by atoms with Crippen LogP contribution in [-0.4, -0.2) is 84.3 Å². The number of carbonyl (C=O) groups is 2. The van der Waals surface area contributed by atoms with Crippen molar-refractivity contribution in [2.45, 2.75) is 135 Å². The highest BCUT2D eigenvalue weighted by Crippen LogP contribution is 2.40. The summed E-state index contributed by atoms with van der Waals surface area (Å²) in [7, 11) is 0.444. The van der Waals surface area contributed by atoms with Gasteiger partial charge in [0, 0.05) is 19.6 Å². The first-order chi connectivity index (χ1) is 19.3. The number of carboxylic acid groups (broad SMARTS) is 1. The Kier molecular flexibility index (Phi) is 22.8. The van der Waals surface area contributed by atoms with E-state index in [0.717, 1.165) is 19.3 Å². The first kappa shape index (κ1) is 40.0. The van der Waals surface area contributed by atoms with Crippen molar-refractivity contribution < 1.29 is 42.8 Å². The molecule has 0 aromatic rings. The highest BCUT2D eigenvalue weighted by molar-refractivity contribution is 7.46. The van der Waals surface area contributed by atoms with Gasteiger partial charge in [-0.25, -0.2) is 4.57 Å². The number of nitrogens with zero attached hydrogens (tertiary/aromatic N) is 1. The molecule has 0 heterocycles. The summed E-state index contributed by atoms with van der Waals surface area (Å²) in [6, 6.07) is 0. The molecule has 0 saturated heterocycles. The molecule has 0 aliphatic carbocycles. The maximum absolute atomic E-state index is 12.4. The van der Waals surface area contributed by atoms with Crippen LogP contribution in [0.5, 0.6) is 0 Å². The molecular formula is C30H62N2O8P+. The topological polar surface area (TPSA) is 142 Å². The highest BCUT2D eigenvalue weighted by Gasteiger charge is 2.39. The highest BCUT2D eigenvalue weighted by atomic mass is 31.2.